The summed E-state index contributed by atoms with van der Waals surface area (Å²) in [6.07, 6.45) is 1.21. The second kappa shape index (κ2) is 8.44. The fourth-order valence-corrected chi connectivity index (χ4v) is 2.60. The lowest BCUT2D eigenvalue weighted by Gasteiger charge is -2.13. The van der Waals surface area contributed by atoms with Crippen LogP contribution in [0.5, 0.6) is 5.75 Å². The zero-order valence-electron chi connectivity index (χ0n) is 12.0. The molecule has 18 heavy (non-hydrogen) atoms. The lowest BCUT2D eigenvalue weighted by molar-refractivity contribution is 0.411. The van der Waals surface area contributed by atoms with Gasteiger partial charge in [-0.15, -0.1) is 0 Å². The maximum atomic E-state index is 5.44. The first-order valence-electron chi connectivity index (χ1n) is 6.69. The Hall–Kier alpha value is -0.670. The number of rotatable bonds is 8. The first-order chi connectivity index (χ1) is 8.71. The van der Waals surface area contributed by atoms with Crippen LogP contribution in [0.2, 0.25) is 0 Å². The fraction of sp³-hybridized carbons (Fsp3) is 0.600. The van der Waals surface area contributed by atoms with Gasteiger partial charge in [-0.25, -0.2) is 0 Å². The van der Waals surface area contributed by atoms with Gasteiger partial charge in [-0.2, -0.15) is 11.8 Å². The van der Waals surface area contributed by atoms with Crippen molar-refractivity contribution in [3.05, 3.63) is 29.3 Å². The molecule has 0 aromatic heterocycles. The Kier molecular flexibility index (Phi) is 7.21. The minimum Gasteiger partial charge on any atom is -0.496 e. The third-order valence-corrected chi connectivity index (χ3v) is 4.40. The van der Waals surface area contributed by atoms with Crippen molar-refractivity contribution in [3.8, 4) is 5.75 Å². The molecule has 0 heterocycles. The Labute approximate surface area is 116 Å². The maximum Gasteiger partial charge on any atom is 0.122 e. The van der Waals surface area contributed by atoms with Crippen molar-refractivity contribution in [2.45, 2.75) is 44.7 Å². The number of nitrogens with one attached hydrogen (secondary N) is 1. The van der Waals surface area contributed by atoms with Crippen molar-refractivity contribution >= 4 is 11.8 Å². The Morgan fingerprint density at radius 1 is 1.33 bits per heavy atom. The number of thioether (sulfide) groups is 1. The Balaban J connectivity index is 2.71. The lowest BCUT2D eigenvalue weighted by Crippen LogP contribution is -2.12. The Bertz CT molecular complexity index is 354. The molecule has 0 aliphatic heterocycles. The molecular weight excluding hydrogens is 242 g/mol. The van der Waals surface area contributed by atoms with Crippen LogP contribution in [0.4, 0.5) is 0 Å². The van der Waals surface area contributed by atoms with Crippen LogP contribution in [0.3, 0.4) is 0 Å². The molecule has 0 aliphatic carbocycles. The van der Waals surface area contributed by atoms with Crippen molar-refractivity contribution in [2.75, 3.05) is 13.7 Å². The van der Waals surface area contributed by atoms with Gasteiger partial charge in [-0.3, -0.25) is 0 Å². The predicted octanol–water partition coefficient (Wildman–Crippen LogP) is 3.84. The topological polar surface area (TPSA) is 21.3 Å². The first-order valence-corrected chi connectivity index (χ1v) is 7.74. The predicted molar refractivity (Wildman–Crippen MR) is 81.4 cm³/mol. The minimum absolute atomic E-state index is 0.701. The molecule has 1 unspecified atom stereocenters. The molecule has 1 rings (SSSR count). The highest BCUT2D eigenvalue weighted by molar-refractivity contribution is 7.99. The van der Waals surface area contributed by atoms with E-state index >= 15 is 0 Å². The zero-order valence-corrected chi connectivity index (χ0v) is 12.8. The normalized spacial score (nSPS) is 12.4. The molecule has 1 aromatic carbocycles. The fourth-order valence-electron chi connectivity index (χ4n) is 1.67. The lowest BCUT2D eigenvalue weighted by atomic mass is 10.1. The molecule has 0 fully saturated rings. The van der Waals surface area contributed by atoms with Crippen molar-refractivity contribution < 1.29 is 4.74 Å². The van der Waals surface area contributed by atoms with E-state index in [0.717, 1.165) is 24.6 Å². The number of ether oxygens (including phenoxy) is 1. The molecule has 0 amide bonds. The second-order valence-corrected chi connectivity index (χ2v) is 5.88. The highest BCUT2D eigenvalue weighted by Crippen LogP contribution is 2.27. The van der Waals surface area contributed by atoms with Crippen molar-refractivity contribution in [3.63, 3.8) is 0 Å². The summed E-state index contributed by atoms with van der Waals surface area (Å²) in [5, 5.41) is 4.06. The number of methoxy groups -OCH3 is 1. The third-order valence-electron chi connectivity index (χ3n) is 3.02. The summed E-state index contributed by atoms with van der Waals surface area (Å²) in [7, 11) is 1.75. The van der Waals surface area contributed by atoms with E-state index < -0.39 is 0 Å². The van der Waals surface area contributed by atoms with E-state index in [0.29, 0.717) is 5.25 Å². The van der Waals surface area contributed by atoms with E-state index in [-0.39, 0.29) is 0 Å². The average molecular weight is 267 g/mol. The smallest absolute Gasteiger partial charge is 0.122 e. The van der Waals surface area contributed by atoms with Crippen LogP contribution >= 0.6 is 11.8 Å². The van der Waals surface area contributed by atoms with Crippen LogP contribution in [0, 0.1) is 0 Å². The van der Waals surface area contributed by atoms with Crippen LogP contribution in [-0.2, 0) is 12.3 Å². The zero-order chi connectivity index (χ0) is 13.4. The molecule has 2 nitrogen and oxygen atoms in total. The molecule has 1 aromatic rings. The molecular formula is C15H25NOS. The van der Waals surface area contributed by atoms with Gasteiger partial charge in [0.2, 0.25) is 0 Å². The summed E-state index contributed by atoms with van der Waals surface area (Å²) in [4.78, 5) is 0. The molecule has 1 atom stereocenters. The summed E-state index contributed by atoms with van der Waals surface area (Å²) in [5.41, 5.74) is 2.63. The minimum atomic E-state index is 0.701. The van der Waals surface area contributed by atoms with Gasteiger partial charge in [0.1, 0.15) is 5.75 Å². The van der Waals surface area contributed by atoms with Crippen LogP contribution in [-0.4, -0.2) is 18.9 Å². The average Bonchev–Trinajstić information content (AvgIpc) is 2.42. The maximum absolute atomic E-state index is 5.44. The van der Waals surface area contributed by atoms with E-state index in [1.165, 1.54) is 17.5 Å². The van der Waals surface area contributed by atoms with E-state index in [9.17, 15) is 0 Å². The molecule has 102 valence electrons. The summed E-state index contributed by atoms with van der Waals surface area (Å²) in [5.74, 6) is 2.03. The molecule has 0 saturated heterocycles. The Morgan fingerprint density at radius 2 is 2.11 bits per heavy atom. The van der Waals surface area contributed by atoms with Gasteiger partial charge in [0.25, 0.3) is 0 Å². The summed E-state index contributed by atoms with van der Waals surface area (Å²) >= 11 is 1.99. The molecule has 0 spiro atoms. The van der Waals surface area contributed by atoms with Crippen LogP contribution in [0.15, 0.2) is 18.2 Å². The summed E-state index contributed by atoms with van der Waals surface area (Å²) in [6.45, 7) is 8.57. The molecule has 0 bridgehead atoms. The van der Waals surface area contributed by atoms with Crippen molar-refractivity contribution in [2.24, 2.45) is 0 Å². The second-order valence-electron chi connectivity index (χ2n) is 4.46. The number of hydrogen-bond donors (Lipinski definition) is 1. The monoisotopic (exact) mass is 267 g/mol. The van der Waals surface area contributed by atoms with Crippen molar-refractivity contribution in [1.82, 2.24) is 5.32 Å². The van der Waals surface area contributed by atoms with Crippen LogP contribution in [0.1, 0.15) is 38.3 Å². The molecule has 0 radical (unpaired) electrons. The first kappa shape index (κ1) is 15.4. The van der Waals surface area contributed by atoms with Gasteiger partial charge in [-0.1, -0.05) is 26.8 Å². The van der Waals surface area contributed by atoms with E-state index in [4.69, 9.17) is 4.74 Å². The molecule has 0 aliphatic rings. The largest absolute Gasteiger partial charge is 0.496 e. The quantitative estimate of drug-likeness (QED) is 0.773. The van der Waals surface area contributed by atoms with Crippen LogP contribution < -0.4 is 10.1 Å². The highest BCUT2D eigenvalue weighted by Gasteiger charge is 2.07. The molecule has 0 saturated carbocycles. The number of hydrogen-bond acceptors (Lipinski definition) is 3. The molecule has 1 N–H and O–H groups in total. The van der Waals surface area contributed by atoms with E-state index in [1.54, 1.807) is 7.11 Å². The SMILES string of the molecule is CCNCc1ccc(OC)c(CSC(C)CC)c1. The third kappa shape index (κ3) is 4.91. The summed E-state index contributed by atoms with van der Waals surface area (Å²) < 4.78 is 5.44. The van der Waals surface area contributed by atoms with Crippen molar-refractivity contribution in [1.29, 1.82) is 0 Å². The van der Waals surface area contributed by atoms with Gasteiger partial charge in [0.15, 0.2) is 0 Å². The standard InChI is InChI=1S/C15H25NOS/c1-5-12(3)18-11-14-9-13(10-16-6-2)7-8-15(14)17-4/h7-9,12,16H,5-6,10-11H2,1-4H3. The molecule has 3 heteroatoms. The summed E-state index contributed by atoms with van der Waals surface area (Å²) in [6, 6.07) is 6.48. The van der Waals surface area contributed by atoms with E-state index in [1.807, 2.05) is 11.8 Å². The van der Waals surface area contributed by atoms with Gasteiger partial charge in [0, 0.05) is 23.1 Å². The van der Waals surface area contributed by atoms with Crippen LogP contribution in [0.25, 0.3) is 0 Å². The Morgan fingerprint density at radius 3 is 2.72 bits per heavy atom. The van der Waals surface area contributed by atoms with E-state index in [2.05, 4.69) is 44.3 Å². The van der Waals surface area contributed by atoms with Gasteiger partial charge >= 0.3 is 0 Å². The highest BCUT2D eigenvalue weighted by atomic mass is 32.2. The van der Waals surface area contributed by atoms with Gasteiger partial charge < -0.3 is 10.1 Å². The number of benzene rings is 1. The van der Waals surface area contributed by atoms with Gasteiger partial charge in [0.05, 0.1) is 7.11 Å². The van der Waals surface area contributed by atoms with Gasteiger partial charge in [-0.05, 0) is 30.7 Å².